The molecule has 0 radical (unpaired) electrons. The lowest BCUT2D eigenvalue weighted by molar-refractivity contribution is -0.137. The van der Waals surface area contributed by atoms with Gasteiger partial charge in [0.05, 0.1) is 33.8 Å². The van der Waals surface area contributed by atoms with E-state index >= 15 is 0 Å². The van der Waals surface area contributed by atoms with Crippen LogP contribution < -0.4 is 14.2 Å². The van der Waals surface area contributed by atoms with Crippen LogP contribution in [0.15, 0.2) is 42.6 Å². The summed E-state index contributed by atoms with van der Waals surface area (Å²) in [7, 11) is 0. The van der Waals surface area contributed by atoms with Crippen LogP contribution in [0, 0.1) is 0 Å². The number of pyridine rings is 1. The number of rotatable bonds is 8. The molecule has 33 heavy (non-hydrogen) atoms. The number of ether oxygens (including phenoxy) is 3. The van der Waals surface area contributed by atoms with Crippen molar-refractivity contribution >= 4 is 46.4 Å². The first-order valence-electron chi connectivity index (χ1n) is 9.18. The van der Waals surface area contributed by atoms with E-state index in [1.165, 1.54) is 24.3 Å². The van der Waals surface area contributed by atoms with Crippen molar-refractivity contribution in [3.63, 3.8) is 0 Å². The van der Waals surface area contributed by atoms with Gasteiger partial charge in [-0.1, -0.05) is 46.4 Å². The van der Waals surface area contributed by atoms with Gasteiger partial charge >= 0.3 is 6.18 Å². The Bertz CT molecular complexity index is 1120. The summed E-state index contributed by atoms with van der Waals surface area (Å²) >= 11 is 24.0. The van der Waals surface area contributed by atoms with Crippen LogP contribution in [0.3, 0.4) is 0 Å². The van der Waals surface area contributed by atoms with Gasteiger partial charge in [0, 0.05) is 30.8 Å². The average Bonchev–Trinajstić information content (AvgIpc) is 2.71. The van der Waals surface area contributed by atoms with Crippen molar-refractivity contribution in [3.8, 4) is 28.9 Å². The molecule has 0 aliphatic heterocycles. The highest BCUT2D eigenvalue weighted by Gasteiger charge is 2.31. The quantitative estimate of drug-likeness (QED) is 0.292. The fourth-order valence-corrected chi connectivity index (χ4v) is 3.52. The zero-order valence-electron chi connectivity index (χ0n) is 16.4. The molecule has 1 heterocycles. The maximum atomic E-state index is 12.7. The Labute approximate surface area is 206 Å². The van der Waals surface area contributed by atoms with Crippen LogP contribution in [0.2, 0.25) is 20.1 Å². The van der Waals surface area contributed by atoms with E-state index < -0.39 is 11.7 Å². The van der Waals surface area contributed by atoms with Gasteiger partial charge in [-0.25, -0.2) is 4.98 Å². The molecule has 0 amide bonds. The number of nitrogens with zero attached hydrogens (tertiary/aromatic N) is 1. The SMILES string of the molecule is Oc1cc(Cl)c(OCCCOc2ccc(Oc3ncc(C(F)(F)F)cc3Cl)c(Cl)c2)c(Cl)c1. The number of aromatic hydroxyl groups is 1. The normalized spacial score (nSPS) is 11.4. The topological polar surface area (TPSA) is 60.8 Å². The van der Waals surface area contributed by atoms with Crippen molar-refractivity contribution < 1.29 is 32.5 Å². The summed E-state index contributed by atoms with van der Waals surface area (Å²) in [6.45, 7) is 0.521. The monoisotopic (exact) mass is 541 g/mol. The molecule has 3 rings (SSSR count). The summed E-state index contributed by atoms with van der Waals surface area (Å²) < 4.78 is 54.7. The van der Waals surface area contributed by atoms with Gasteiger partial charge in [-0.05, 0) is 18.2 Å². The summed E-state index contributed by atoms with van der Waals surface area (Å²) in [6.07, 6.45) is -3.47. The third-order valence-electron chi connectivity index (χ3n) is 4.03. The lowest BCUT2D eigenvalue weighted by Gasteiger charge is -2.13. The van der Waals surface area contributed by atoms with E-state index in [0.29, 0.717) is 18.4 Å². The van der Waals surface area contributed by atoms with Crippen LogP contribution in [-0.2, 0) is 6.18 Å². The van der Waals surface area contributed by atoms with Gasteiger partial charge in [0.15, 0.2) is 5.75 Å². The van der Waals surface area contributed by atoms with Crippen molar-refractivity contribution in [1.82, 2.24) is 4.98 Å². The summed E-state index contributed by atoms with van der Waals surface area (Å²) in [5, 5.41) is 9.62. The molecule has 0 aliphatic rings. The van der Waals surface area contributed by atoms with Crippen LogP contribution in [0.4, 0.5) is 13.2 Å². The van der Waals surface area contributed by atoms with E-state index in [9.17, 15) is 18.3 Å². The molecule has 0 spiro atoms. The molecule has 176 valence electrons. The maximum absolute atomic E-state index is 12.7. The molecule has 0 fully saturated rings. The Morgan fingerprint density at radius 3 is 2.12 bits per heavy atom. The number of benzene rings is 2. The Morgan fingerprint density at radius 2 is 1.52 bits per heavy atom. The Kier molecular flexibility index (Phi) is 8.28. The molecule has 0 unspecified atom stereocenters. The highest BCUT2D eigenvalue weighted by atomic mass is 35.5. The number of halogens is 7. The van der Waals surface area contributed by atoms with Crippen molar-refractivity contribution in [3.05, 3.63) is 68.2 Å². The second-order valence-electron chi connectivity index (χ2n) is 6.49. The average molecular weight is 543 g/mol. The lowest BCUT2D eigenvalue weighted by atomic mass is 10.3. The van der Waals surface area contributed by atoms with Crippen LogP contribution >= 0.6 is 46.4 Å². The smallest absolute Gasteiger partial charge is 0.417 e. The van der Waals surface area contributed by atoms with E-state index in [4.69, 9.17) is 60.6 Å². The molecule has 1 aromatic heterocycles. The van der Waals surface area contributed by atoms with Gasteiger partial charge in [0.25, 0.3) is 0 Å². The zero-order chi connectivity index (χ0) is 24.2. The van der Waals surface area contributed by atoms with Crippen LogP contribution in [0.5, 0.6) is 28.9 Å². The lowest BCUT2D eigenvalue weighted by Crippen LogP contribution is -2.06. The van der Waals surface area contributed by atoms with Gasteiger partial charge < -0.3 is 19.3 Å². The summed E-state index contributed by atoms with van der Waals surface area (Å²) in [5.74, 6) is 0.541. The second-order valence-corrected chi connectivity index (χ2v) is 8.12. The third-order valence-corrected chi connectivity index (χ3v) is 5.16. The Morgan fingerprint density at radius 1 is 0.848 bits per heavy atom. The second kappa shape index (κ2) is 10.8. The number of hydrogen-bond donors (Lipinski definition) is 1. The fraction of sp³-hybridized carbons (Fsp3) is 0.190. The molecule has 0 atom stereocenters. The van der Waals surface area contributed by atoms with Crippen LogP contribution in [0.25, 0.3) is 0 Å². The molecule has 0 saturated heterocycles. The predicted octanol–water partition coefficient (Wildman–Crippen LogP) is 8.06. The molecule has 12 heteroatoms. The van der Waals surface area contributed by atoms with E-state index in [0.717, 1.165) is 6.07 Å². The summed E-state index contributed by atoms with van der Waals surface area (Å²) in [4.78, 5) is 3.61. The van der Waals surface area contributed by atoms with Crippen LogP contribution in [-0.4, -0.2) is 23.3 Å². The molecule has 2 aromatic carbocycles. The molecule has 1 N–H and O–H groups in total. The minimum atomic E-state index is -4.57. The third kappa shape index (κ3) is 6.86. The van der Waals surface area contributed by atoms with Gasteiger partial charge in [-0.3, -0.25) is 0 Å². The van der Waals surface area contributed by atoms with E-state index in [1.807, 2.05) is 0 Å². The van der Waals surface area contributed by atoms with Gasteiger partial charge in [0.1, 0.15) is 22.3 Å². The zero-order valence-corrected chi connectivity index (χ0v) is 19.5. The minimum Gasteiger partial charge on any atom is -0.508 e. The molecule has 3 aromatic rings. The largest absolute Gasteiger partial charge is 0.508 e. The van der Waals surface area contributed by atoms with Gasteiger partial charge in [-0.15, -0.1) is 0 Å². The van der Waals surface area contributed by atoms with Crippen molar-refractivity contribution in [2.75, 3.05) is 13.2 Å². The first-order chi connectivity index (χ1) is 15.5. The first-order valence-corrected chi connectivity index (χ1v) is 10.7. The van der Waals surface area contributed by atoms with Gasteiger partial charge in [0.2, 0.25) is 5.88 Å². The molecule has 0 bridgehead atoms. The van der Waals surface area contributed by atoms with Crippen molar-refractivity contribution in [1.29, 1.82) is 0 Å². The molecular formula is C21H14Cl4F3NO4. The Balaban J connectivity index is 1.53. The highest BCUT2D eigenvalue weighted by molar-refractivity contribution is 6.37. The fourth-order valence-electron chi connectivity index (χ4n) is 2.52. The minimum absolute atomic E-state index is 0.0682. The van der Waals surface area contributed by atoms with Crippen LogP contribution in [0.1, 0.15) is 12.0 Å². The van der Waals surface area contributed by atoms with Crippen molar-refractivity contribution in [2.24, 2.45) is 0 Å². The first kappa shape index (κ1) is 25.4. The van der Waals surface area contributed by atoms with E-state index in [-0.39, 0.29) is 56.4 Å². The van der Waals surface area contributed by atoms with Crippen molar-refractivity contribution in [2.45, 2.75) is 12.6 Å². The molecule has 5 nitrogen and oxygen atoms in total. The summed E-state index contributed by atoms with van der Waals surface area (Å²) in [6, 6.07) is 7.86. The Hall–Kier alpha value is -2.26. The van der Waals surface area contributed by atoms with Gasteiger partial charge in [-0.2, -0.15) is 13.2 Å². The summed E-state index contributed by atoms with van der Waals surface area (Å²) in [5.41, 5.74) is -0.992. The molecule has 0 aliphatic carbocycles. The van der Waals surface area contributed by atoms with E-state index in [2.05, 4.69) is 4.98 Å². The maximum Gasteiger partial charge on any atom is 0.417 e. The van der Waals surface area contributed by atoms with E-state index in [1.54, 1.807) is 6.07 Å². The highest BCUT2D eigenvalue weighted by Crippen LogP contribution is 2.38. The number of phenols is 1. The number of alkyl halides is 3. The standard InChI is InChI=1S/C21H14Cl4F3NO4/c22-14-9-13(31-4-1-5-32-19-15(23)7-12(30)8-16(19)24)2-3-18(14)33-20-17(25)6-11(10-29-20)21(26,27)28/h2-3,6-10,30H,1,4-5H2. The molecule has 0 saturated carbocycles. The predicted molar refractivity (Wildman–Crippen MR) is 120 cm³/mol. The number of hydrogen-bond acceptors (Lipinski definition) is 5. The number of aromatic nitrogens is 1. The number of phenolic OH excluding ortho intramolecular Hbond substituents is 1. The molecular weight excluding hydrogens is 529 g/mol.